The molecule has 2 aromatic rings. The molecule has 2 aliphatic rings. The Bertz CT molecular complexity index is 898. The molecule has 0 aliphatic carbocycles. The average molecular weight is 418 g/mol. The Balaban J connectivity index is 1.40. The van der Waals surface area contributed by atoms with E-state index in [9.17, 15) is 18.0 Å². The van der Waals surface area contributed by atoms with Crippen LogP contribution in [0.4, 0.5) is 18.9 Å². The Morgan fingerprint density at radius 1 is 1.07 bits per heavy atom. The van der Waals surface area contributed by atoms with Gasteiger partial charge in [0.2, 0.25) is 5.91 Å². The van der Waals surface area contributed by atoms with Gasteiger partial charge in [0.1, 0.15) is 5.82 Å². The maximum Gasteiger partial charge on any atom is 0.230 e. The third-order valence-corrected chi connectivity index (χ3v) is 6.28. The highest BCUT2D eigenvalue weighted by Crippen LogP contribution is 2.35. The van der Waals surface area contributed by atoms with Crippen molar-refractivity contribution >= 4 is 11.6 Å². The number of hydrogen-bond acceptors (Lipinski definition) is 3. The van der Waals surface area contributed by atoms with E-state index < -0.39 is 17.0 Å². The number of amides is 1. The third kappa shape index (κ3) is 4.17. The van der Waals surface area contributed by atoms with E-state index in [-0.39, 0.29) is 17.6 Å². The average Bonchev–Trinajstić information content (AvgIpc) is 3.24. The molecule has 1 amide bonds. The lowest BCUT2D eigenvalue weighted by Gasteiger charge is -2.36. The summed E-state index contributed by atoms with van der Waals surface area (Å²) in [6.07, 6.45) is 1.96. The molecule has 0 radical (unpaired) electrons. The molecule has 4 rings (SSSR count). The van der Waals surface area contributed by atoms with Gasteiger partial charge in [0, 0.05) is 44.6 Å². The number of hydrogen-bond donors (Lipinski definition) is 1. The molecular weight excluding hydrogens is 393 g/mol. The Morgan fingerprint density at radius 3 is 2.50 bits per heavy atom. The standard InChI is InChI=1S/C23H25F3N2O2/c24-18-3-1-17(2-4-18)23(8-11-30-12-9-23)22(29)27-14-16-7-10-28(15-16)19-5-6-20(25)21(26)13-19/h1-6,13,16H,7-12,14-15H2,(H,27,29). The van der Waals surface area contributed by atoms with Gasteiger partial charge in [-0.25, -0.2) is 13.2 Å². The van der Waals surface area contributed by atoms with Crippen LogP contribution in [0.25, 0.3) is 0 Å². The number of benzene rings is 2. The van der Waals surface area contributed by atoms with Gasteiger partial charge >= 0.3 is 0 Å². The maximum absolute atomic E-state index is 13.5. The fraction of sp³-hybridized carbons (Fsp3) is 0.435. The van der Waals surface area contributed by atoms with E-state index in [1.54, 1.807) is 18.2 Å². The minimum absolute atomic E-state index is 0.0660. The first kappa shape index (κ1) is 20.7. The molecule has 0 bridgehead atoms. The number of ether oxygens (including phenoxy) is 1. The largest absolute Gasteiger partial charge is 0.381 e. The first-order valence-corrected chi connectivity index (χ1v) is 10.3. The zero-order valence-electron chi connectivity index (χ0n) is 16.7. The summed E-state index contributed by atoms with van der Waals surface area (Å²) in [5.41, 5.74) is 0.735. The molecule has 1 N–H and O–H groups in total. The highest BCUT2D eigenvalue weighted by Gasteiger charge is 2.42. The van der Waals surface area contributed by atoms with Crippen LogP contribution < -0.4 is 10.2 Å². The minimum atomic E-state index is -0.857. The van der Waals surface area contributed by atoms with Crippen molar-refractivity contribution < 1.29 is 22.7 Å². The molecule has 0 saturated carbocycles. The van der Waals surface area contributed by atoms with Gasteiger partial charge in [-0.05, 0) is 55.0 Å². The molecule has 1 unspecified atom stereocenters. The number of rotatable bonds is 5. The highest BCUT2D eigenvalue weighted by molar-refractivity contribution is 5.88. The van der Waals surface area contributed by atoms with Gasteiger partial charge in [-0.1, -0.05) is 12.1 Å². The van der Waals surface area contributed by atoms with Crippen molar-refractivity contribution in [3.63, 3.8) is 0 Å². The molecule has 4 nitrogen and oxygen atoms in total. The smallest absolute Gasteiger partial charge is 0.230 e. The third-order valence-electron chi connectivity index (χ3n) is 6.28. The molecule has 0 spiro atoms. The van der Waals surface area contributed by atoms with Crippen molar-refractivity contribution in [2.75, 3.05) is 37.7 Å². The molecule has 2 aromatic carbocycles. The molecule has 2 fully saturated rings. The molecule has 0 aromatic heterocycles. The van der Waals surface area contributed by atoms with Crippen LogP contribution in [0.2, 0.25) is 0 Å². The molecule has 2 aliphatic heterocycles. The summed E-state index contributed by atoms with van der Waals surface area (Å²) >= 11 is 0. The Morgan fingerprint density at radius 2 is 1.80 bits per heavy atom. The Hall–Kier alpha value is -2.54. The van der Waals surface area contributed by atoms with Crippen LogP contribution in [0.1, 0.15) is 24.8 Å². The van der Waals surface area contributed by atoms with Gasteiger partial charge in [-0.3, -0.25) is 4.79 Å². The van der Waals surface area contributed by atoms with Crippen molar-refractivity contribution in [1.82, 2.24) is 5.32 Å². The van der Waals surface area contributed by atoms with Crippen LogP contribution >= 0.6 is 0 Å². The maximum atomic E-state index is 13.5. The number of anilines is 1. The van der Waals surface area contributed by atoms with Crippen LogP contribution in [0.15, 0.2) is 42.5 Å². The van der Waals surface area contributed by atoms with Gasteiger partial charge in [-0.2, -0.15) is 0 Å². The van der Waals surface area contributed by atoms with Gasteiger partial charge in [0.25, 0.3) is 0 Å². The summed E-state index contributed by atoms with van der Waals surface area (Å²) in [5, 5.41) is 3.09. The fourth-order valence-electron chi connectivity index (χ4n) is 4.46. The summed E-state index contributed by atoms with van der Waals surface area (Å²) in [6, 6.07) is 10.1. The monoisotopic (exact) mass is 418 g/mol. The summed E-state index contributed by atoms with van der Waals surface area (Å²) in [4.78, 5) is 15.2. The van der Waals surface area contributed by atoms with Crippen LogP contribution in [0.3, 0.4) is 0 Å². The lowest BCUT2D eigenvalue weighted by Crippen LogP contribution is -2.49. The predicted octanol–water partition coefficient (Wildman–Crippen LogP) is 3.79. The highest BCUT2D eigenvalue weighted by atomic mass is 19.2. The van der Waals surface area contributed by atoms with Crippen molar-refractivity contribution in [2.45, 2.75) is 24.7 Å². The SMILES string of the molecule is O=C(NCC1CCN(c2ccc(F)c(F)c2)C1)C1(c2ccc(F)cc2)CCOCC1. The second-order valence-electron chi connectivity index (χ2n) is 8.11. The summed E-state index contributed by atoms with van der Waals surface area (Å²) < 4.78 is 45.5. The zero-order valence-corrected chi connectivity index (χ0v) is 16.7. The lowest BCUT2D eigenvalue weighted by molar-refractivity contribution is -0.130. The van der Waals surface area contributed by atoms with Gasteiger partial charge < -0.3 is 15.0 Å². The van der Waals surface area contributed by atoms with Crippen molar-refractivity contribution in [3.8, 4) is 0 Å². The molecule has 30 heavy (non-hydrogen) atoms. The minimum Gasteiger partial charge on any atom is -0.381 e. The number of nitrogens with one attached hydrogen (secondary N) is 1. The zero-order chi connectivity index (χ0) is 21.1. The first-order valence-electron chi connectivity index (χ1n) is 10.3. The lowest BCUT2D eigenvalue weighted by atomic mass is 9.73. The Kier molecular flexibility index (Phi) is 5.99. The quantitative estimate of drug-likeness (QED) is 0.803. The van der Waals surface area contributed by atoms with Crippen LogP contribution in [0.5, 0.6) is 0 Å². The molecule has 7 heteroatoms. The van der Waals surface area contributed by atoms with E-state index in [0.29, 0.717) is 44.8 Å². The van der Waals surface area contributed by atoms with Crippen molar-refractivity contribution in [2.24, 2.45) is 5.92 Å². The van der Waals surface area contributed by atoms with Crippen LogP contribution in [-0.4, -0.2) is 38.8 Å². The van der Waals surface area contributed by atoms with E-state index in [2.05, 4.69) is 5.32 Å². The second-order valence-corrected chi connectivity index (χ2v) is 8.11. The molecule has 1 atom stereocenters. The number of carbonyl (C=O) groups is 1. The van der Waals surface area contributed by atoms with Gasteiger partial charge in [0.05, 0.1) is 5.41 Å². The summed E-state index contributed by atoms with van der Waals surface area (Å²) in [5.74, 6) is -1.89. The van der Waals surface area contributed by atoms with Crippen LogP contribution in [-0.2, 0) is 14.9 Å². The van der Waals surface area contributed by atoms with E-state index in [4.69, 9.17) is 4.74 Å². The molecule has 160 valence electrons. The van der Waals surface area contributed by atoms with E-state index in [1.165, 1.54) is 18.2 Å². The van der Waals surface area contributed by atoms with E-state index >= 15 is 0 Å². The second kappa shape index (κ2) is 8.68. The van der Waals surface area contributed by atoms with Gasteiger partial charge in [0.15, 0.2) is 11.6 Å². The predicted molar refractivity (Wildman–Crippen MR) is 108 cm³/mol. The topological polar surface area (TPSA) is 41.6 Å². The van der Waals surface area contributed by atoms with Gasteiger partial charge in [-0.15, -0.1) is 0 Å². The van der Waals surface area contributed by atoms with Crippen LogP contribution in [0, 0.1) is 23.4 Å². The van der Waals surface area contributed by atoms with E-state index in [0.717, 1.165) is 24.6 Å². The number of carbonyl (C=O) groups excluding carboxylic acids is 1. The van der Waals surface area contributed by atoms with Crippen molar-refractivity contribution in [1.29, 1.82) is 0 Å². The fourth-order valence-corrected chi connectivity index (χ4v) is 4.46. The number of nitrogens with zero attached hydrogens (tertiary/aromatic N) is 1. The Labute approximate surface area is 174 Å². The molecule has 2 heterocycles. The summed E-state index contributed by atoms with van der Waals surface area (Å²) in [6.45, 7) is 2.86. The number of halogens is 3. The normalized spacial score (nSPS) is 20.9. The molecule has 2 saturated heterocycles. The summed E-state index contributed by atoms with van der Waals surface area (Å²) in [7, 11) is 0. The first-order chi connectivity index (χ1) is 14.5. The van der Waals surface area contributed by atoms with E-state index in [1.807, 2.05) is 4.90 Å². The molecular formula is C23H25F3N2O2. The van der Waals surface area contributed by atoms with Crippen molar-refractivity contribution in [3.05, 3.63) is 65.5 Å².